The summed E-state index contributed by atoms with van der Waals surface area (Å²) in [6, 6.07) is 21.6. The van der Waals surface area contributed by atoms with Crippen molar-refractivity contribution in [3.05, 3.63) is 81.0 Å². The summed E-state index contributed by atoms with van der Waals surface area (Å²) >= 11 is 5.39. The molecule has 21 heavy (non-hydrogen) atoms. The van der Waals surface area contributed by atoms with Crippen molar-refractivity contribution in [1.82, 2.24) is 5.32 Å². The first-order valence-corrected chi connectivity index (χ1v) is 8.52. The standard InChI is InChI=1S/C18H16BrNS/c1-20-17(18-16(19)11-12-21-18)15-9-7-14(8-10-15)13-5-3-2-4-6-13/h2-12,17,20H,1H3. The normalized spacial score (nSPS) is 12.3. The third-order valence-electron chi connectivity index (χ3n) is 3.55. The number of thiophene rings is 1. The average Bonchev–Trinajstić information content (AvgIpc) is 2.96. The molecule has 0 bridgehead atoms. The van der Waals surface area contributed by atoms with E-state index in [-0.39, 0.29) is 6.04 Å². The van der Waals surface area contributed by atoms with Crippen molar-refractivity contribution in [2.45, 2.75) is 6.04 Å². The van der Waals surface area contributed by atoms with Gasteiger partial charge in [-0.25, -0.2) is 0 Å². The van der Waals surface area contributed by atoms with Gasteiger partial charge in [0, 0.05) is 9.35 Å². The molecule has 3 rings (SSSR count). The number of rotatable bonds is 4. The van der Waals surface area contributed by atoms with E-state index in [1.807, 2.05) is 13.1 Å². The van der Waals surface area contributed by atoms with Gasteiger partial charge in [0.15, 0.2) is 0 Å². The van der Waals surface area contributed by atoms with E-state index in [9.17, 15) is 0 Å². The summed E-state index contributed by atoms with van der Waals surface area (Å²) in [5.41, 5.74) is 3.78. The summed E-state index contributed by atoms with van der Waals surface area (Å²) in [5, 5.41) is 5.51. The summed E-state index contributed by atoms with van der Waals surface area (Å²) in [6.07, 6.45) is 0. The molecule has 3 heteroatoms. The second kappa shape index (κ2) is 6.56. The summed E-state index contributed by atoms with van der Waals surface area (Å²) in [6.45, 7) is 0. The lowest BCUT2D eigenvalue weighted by Crippen LogP contribution is -2.16. The number of hydrogen-bond acceptors (Lipinski definition) is 2. The highest BCUT2D eigenvalue weighted by Gasteiger charge is 2.16. The van der Waals surface area contributed by atoms with Crippen LogP contribution in [0.25, 0.3) is 11.1 Å². The SMILES string of the molecule is CNC(c1ccc(-c2ccccc2)cc1)c1sccc1Br. The molecule has 0 aliphatic carbocycles. The van der Waals surface area contributed by atoms with Gasteiger partial charge in [-0.15, -0.1) is 11.3 Å². The van der Waals surface area contributed by atoms with E-state index in [0.29, 0.717) is 0 Å². The second-order valence-electron chi connectivity index (χ2n) is 4.84. The molecule has 0 radical (unpaired) electrons. The minimum atomic E-state index is 0.226. The molecule has 0 amide bonds. The van der Waals surface area contributed by atoms with Crippen LogP contribution in [0.1, 0.15) is 16.5 Å². The van der Waals surface area contributed by atoms with Gasteiger partial charge in [0.1, 0.15) is 0 Å². The van der Waals surface area contributed by atoms with Gasteiger partial charge in [-0.05, 0) is 51.1 Å². The molecule has 0 spiro atoms. The fourth-order valence-electron chi connectivity index (χ4n) is 2.46. The van der Waals surface area contributed by atoms with E-state index in [1.165, 1.54) is 26.0 Å². The van der Waals surface area contributed by atoms with E-state index in [0.717, 1.165) is 0 Å². The highest BCUT2D eigenvalue weighted by atomic mass is 79.9. The first kappa shape index (κ1) is 14.5. The van der Waals surface area contributed by atoms with Crippen LogP contribution in [0.3, 0.4) is 0 Å². The Morgan fingerprint density at radius 1 is 0.905 bits per heavy atom. The van der Waals surface area contributed by atoms with E-state index >= 15 is 0 Å². The molecule has 0 saturated carbocycles. The van der Waals surface area contributed by atoms with E-state index in [4.69, 9.17) is 0 Å². The maximum Gasteiger partial charge on any atom is 0.0680 e. The zero-order valence-corrected chi connectivity index (χ0v) is 14.1. The molecule has 0 fully saturated rings. The fourth-order valence-corrected chi connectivity index (χ4v) is 4.20. The first-order valence-electron chi connectivity index (χ1n) is 6.85. The zero-order chi connectivity index (χ0) is 14.7. The Kier molecular flexibility index (Phi) is 4.54. The van der Waals surface area contributed by atoms with Crippen LogP contribution in [-0.4, -0.2) is 7.05 Å². The van der Waals surface area contributed by atoms with Gasteiger partial charge in [-0.1, -0.05) is 54.6 Å². The molecule has 1 aromatic heterocycles. The van der Waals surface area contributed by atoms with Gasteiger partial charge in [0.05, 0.1) is 6.04 Å². The summed E-state index contributed by atoms with van der Waals surface area (Å²) < 4.78 is 1.17. The lowest BCUT2D eigenvalue weighted by molar-refractivity contribution is 0.701. The summed E-state index contributed by atoms with van der Waals surface area (Å²) in [7, 11) is 2.00. The predicted molar refractivity (Wildman–Crippen MR) is 94.8 cm³/mol. The highest BCUT2D eigenvalue weighted by molar-refractivity contribution is 9.10. The van der Waals surface area contributed by atoms with E-state index < -0.39 is 0 Å². The Balaban J connectivity index is 1.91. The van der Waals surface area contributed by atoms with Crippen molar-refractivity contribution in [2.24, 2.45) is 0 Å². The van der Waals surface area contributed by atoms with Crippen molar-refractivity contribution >= 4 is 27.3 Å². The van der Waals surface area contributed by atoms with E-state index in [1.54, 1.807) is 11.3 Å². The molecule has 1 unspecified atom stereocenters. The molecule has 106 valence electrons. The van der Waals surface area contributed by atoms with E-state index in [2.05, 4.69) is 81.2 Å². The third-order valence-corrected chi connectivity index (χ3v) is 5.48. The van der Waals surface area contributed by atoms with Crippen molar-refractivity contribution < 1.29 is 0 Å². The first-order chi connectivity index (χ1) is 10.3. The topological polar surface area (TPSA) is 12.0 Å². The second-order valence-corrected chi connectivity index (χ2v) is 6.64. The minimum Gasteiger partial charge on any atom is -0.309 e. The molecule has 1 heterocycles. The summed E-state index contributed by atoms with van der Waals surface area (Å²) in [4.78, 5) is 1.31. The van der Waals surface area contributed by atoms with Gasteiger partial charge in [-0.2, -0.15) is 0 Å². The lowest BCUT2D eigenvalue weighted by Gasteiger charge is -2.16. The average molecular weight is 358 g/mol. The minimum absolute atomic E-state index is 0.226. The highest BCUT2D eigenvalue weighted by Crippen LogP contribution is 2.33. The number of halogens is 1. The largest absolute Gasteiger partial charge is 0.309 e. The van der Waals surface area contributed by atoms with Crippen LogP contribution in [0.2, 0.25) is 0 Å². The maximum absolute atomic E-state index is 3.63. The molecule has 1 N–H and O–H groups in total. The van der Waals surface area contributed by atoms with Crippen LogP contribution in [0.4, 0.5) is 0 Å². The van der Waals surface area contributed by atoms with Crippen LogP contribution in [0.15, 0.2) is 70.5 Å². The smallest absolute Gasteiger partial charge is 0.0680 e. The quantitative estimate of drug-likeness (QED) is 0.651. The lowest BCUT2D eigenvalue weighted by atomic mass is 10.00. The molecule has 0 saturated heterocycles. The van der Waals surface area contributed by atoms with Crippen LogP contribution < -0.4 is 5.32 Å². The van der Waals surface area contributed by atoms with Crippen molar-refractivity contribution in [2.75, 3.05) is 7.05 Å². The van der Waals surface area contributed by atoms with Crippen molar-refractivity contribution in [1.29, 1.82) is 0 Å². The maximum atomic E-state index is 3.63. The van der Waals surface area contributed by atoms with Crippen LogP contribution >= 0.6 is 27.3 Å². The zero-order valence-electron chi connectivity index (χ0n) is 11.7. The molecule has 1 atom stereocenters. The third kappa shape index (κ3) is 3.10. The summed E-state index contributed by atoms with van der Waals surface area (Å²) in [5.74, 6) is 0. The Morgan fingerprint density at radius 2 is 1.57 bits per heavy atom. The van der Waals surface area contributed by atoms with Gasteiger partial charge < -0.3 is 5.32 Å². The number of benzene rings is 2. The Morgan fingerprint density at radius 3 is 2.14 bits per heavy atom. The molecular formula is C18H16BrNS. The number of nitrogens with one attached hydrogen (secondary N) is 1. The molecule has 3 aromatic rings. The van der Waals surface area contributed by atoms with Gasteiger partial charge in [0.25, 0.3) is 0 Å². The Labute approximate surface area is 137 Å². The van der Waals surface area contributed by atoms with Gasteiger partial charge in [-0.3, -0.25) is 0 Å². The Hall–Kier alpha value is -1.42. The van der Waals surface area contributed by atoms with Gasteiger partial charge >= 0.3 is 0 Å². The molecule has 0 aliphatic rings. The molecule has 0 aliphatic heterocycles. The van der Waals surface area contributed by atoms with Crippen molar-refractivity contribution in [3.63, 3.8) is 0 Å². The Bertz CT molecular complexity index is 704. The molecular weight excluding hydrogens is 342 g/mol. The van der Waals surface area contributed by atoms with Crippen molar-refractivity contribution in [3.8, 4) is 11.1 Å². The van der Waals surface area contributed by atoms with Crippen LogP contribution in [0, 0.1) is 0 Å². The fraction of sp³-hybridized carbons (Fsp3) is 0.111. The van der Waals surface area contributed by atoms with Gasteiger partial charge in [0.2, 0.25) is 0 Å². The number of hydrogen-bond donors (Lipinski definition) is 1. The molecule has 1 nitrogen and oxygen atoms in total. The monoisotopic (exact) mass is 357 g/mol. The molecule has 2 aromatic carbocycles. The van der Waals surface area contributed by atoms with Crippen LogP contribution in [-0.2, 0) is 0 Å². The van der Waals surface area contributed by atoms with Crippen LogP contribution in [0.5, 0.6) is 0 Å². The predicted octanol–water partition coefficient (Wildman–Crippen LogP) is 5.49.